The summed E-state index contributed by atoms with van der Waals surface area (Å²) in [5, 5.41) is 0. The Morgan fingerprint density at radius 3 is 2.77 bits per heavy atom. The zero-order valence-corrected chi connectivity index (χ0v) is 9.21. The van der Waals surface area contributed by atoms with Crippen LogP contribution < -0.4 is 0 Å². The lowest BCUT2D eigenvalue weighted by Crippen LogP contribution is -2.47. The van der Waals surface area contributed by atoms with Gasteiger partial charge in [0, 0.05) is 19.1 Å². The highest BCUT2D eigenvalue weighted by Crippen LogP contribution is 2.11. The van der Waals surface area contributed by atoms with E-state index in [0.29, 0.717) is 12.1 Å². The lowest BCUT2D eigenvalue weighted by Gasteiger charge is -2.36. The third-order valence-corrected chi connectivity index (χ3v) is 2.47. The Morgan fingerprint density at radius 1 is 1.46 bits per heavy atom. The van der Waals surface area contributed by atoms with Crippen LogP contribution in [0.4, 0.5) is 0 Å². The standard InChI is InChI=1S/C11H21NO/c1-9(2)5-6-12-7-11(4)13-8-10(12)3/h5,10-11H,6-8H2,1-4H3. The molecular weight excluding hydrogens is 162 g/mol. The summed E-state index contributed by atoms with van der Waals surface area (Å²) in [5.41, 5.74) is 1.39. The first kappa shape index (κ1) is 10.7. The van der Waals surface area contributed by atoms with Crippen LogP contribution in [-0.4, -0.2) is 36.7 Å². The topological polar surface area (TPSA) is 12.5 Å². The molecule has 0 radical (unpaired) electrons. The summed E-state index contributed by atoms with van der Waals surface area (Å²) in [4.78, 5) is 2.47. The smallest absolute Gasteiger partial charge is 0.0674 e. The highest BCUT2D eigenvalue weighted by Gasteiger charge is 2.21. The SMILES string of the molecule is CC(C)=CCN1CC(C)OCC1C. The number of morpholine rings is 1. The molecule has 2 nitrogen and oxygen atoms in total. The summed E-state index contributed by atoms with van der Waals surface area (Å²) in [5.74, 6) is 0. The maximum atomic E-state index is 5.56. The first-order chi connectivity index (χ1) is 6.09. The molecule has 0 aromatic heterocycles. The van der Waals surface area contributed by atoms with Gasteiger partial charge in [0.2, 0.25) is 0 Å². The molecule has 76 valence electrons. The van der Waals surface area contributed by atoms with Gasteiger partial charge in [-0.25, -0.2) is 0 Å². The molecule has 1 saturated heterocycles. The number of nitrogens with zero attached hydrogens (tertiary/aromatic N) is 1. The van der Waals surface area contributed by atoms with E-state index in [1.54, 1.807) is 0 Å². The largest absolute Gasteiger partial charge is 0.376 e. The Labute approximate surface area is 81.6 Å². The quantitative estimate of drug-likeness (QED) is 0.608. The van der Waals surface area contributed by atoms with Crippen molar-refractivity contribution >= 4 is 0 Å². The molecule has 2 unspecified atom stereocenters. The third kappa shape index (κ3) is 3.49. The normalized spacial score (nSPS) is 30.2. The molecule has 0 spiro atoms. The van der Waals surface area contributed by atoms with Gasteiger partial charge in [-0.15, -0.1) is 0 Å². The van der Waals surface area contributed by atoms with Crippen molar-refractivity contribution in [3.05, 3.63) is 11.6 Å². The maximum Gasteiger partial charge on any atom is 0.0674 e. The van der Waals surface area contributed by atoms with Gasteiger partial charge in [0.1, 0.15) is 0 Å². The van der Waals surface area contributed by atoms with Crippen LogP contribution in [0.2, 0.25) is 0 Å². The number of ether oxygens (including phenoxy) is 1. The predicted octanol–water partition coefficient (Wildman–Crippen LogP) is 2.06. The monoisotopic (exact) mass is 183 g/mol. The molecule has 0 amide bonds. The summed E-state index contributed by atoms with van der Waals surface area (Å²) < 4.78 is 5.56. The van der Waals surface area contributed by atoms with E-state index < -0.39 is 0 Å². The van der Waals surface area contributed by atoms with Crippen molar-refractivity contribution in [2.24, 2.45) is 0 Å². The highest BCUT2D eigenvalue weighted by molar-refractivity contribution is 4.96. The Hall–Kier alpha value is -0.340. The zero-order chi connectivity index (χ0) is 9.84. The van der Waals surface area contributed by atoms with Gasteiger partial charge in [-0.3, -0.25) is 4.90 Å². The minimum absolute atomic E-state index is 0.391. The van der Waals surface area contributed by atoms with Crippen molar-refractivity contribution < 1.29 is 4.74 Å². The third-order valence-electron chi connectivity index (χ3n) is 2.47. The van der Waals surface area contributed by atoms with Crippen LogP contribution in [0.1, 0.15) is 27.7 Å². The average molecular weight is 183 g/mol. The molecule has 1 rings (SSSR count). The van der Waals surface area contributed by atoms with Crippen LogP contribution in [0.25, 0.3) is 0 Å². The molecule has 0 aromatic carbocycles. The lowest BCUT2D eigenvalue weighted by atomic mass is 10.2. The van der Waals surface area contributed by atoms with E-state index in [2.05, 4.69) is 38.7 Å². The fourth-order valence-corrected chi connectivity index (χ4v) is 1.53. The number of rotatable bonds is 2. The molecule has 1 aliphatic heterocycles. The molecule has 0 saturated carbocycles. The van der Waals surface area contributed by atoms with Gasteiger partial charge < -0.3 is 4.74 Å². The summed E-state index contributed by atoms with van der Waals surface area (Å²) in [6.07, 6.45) is 2.68. The van der Waals surface area contributed by atoms with E-state index in [-0.39, 0.29) is 0 Å². The van der Waals surface area contributed by atoms with E-state index in [4.69, 9.17) is 4.74 Å². The molecule has 1 heterocycles. The summed E-state index contributed by atoms with van der Waals surface area (Å²) in [6.45, 7) is 11.7. The molecule has 0 bridgehead atoms. The Balaban J connectivity index is 2.42. The van der Waals surface area contributed by atoms with Gasteiger partial charge in [0.25, 0.3) is 0 Å². The highest BCUT2D eigenvalue weighted by atomic mass is 16.5. The minimum atomic E-state index is 0.391. The maximum absolute atomic E-state index is 5.56. The zero-order valence-electron chi connectivity index (χ0n) is 9.21. The van der Waals surface area contributed by atoms with Crippen molar-refractivity contribution in [3.8, 4) is 0 Å². The molecule has 0 aromatic rings. The fourth-order valence-electron chi connectivity index (χ4n) is 1.53. The summed E-state index contributed by atoms with van der Waals surface area (Å²) in [6, 6.07) is 0.562. The van der Waals surface area contributed by atoms with Gasteiger partial charge in [0.15, 0.2) is 0 Å². The fraction of sp³-hybridized carbons (Fsp3) is 0.818. The van der Waals surface area contributed by atoms with Crippen LogP contribution in [0.15, 0.2) is 11.6 Å². The molecule has 2 atom stereocenters. The molecule has 2 heteroatoms. The number of hydrogen-bond donors (Lipinski definition) is 0. The number of allylic oxidation sites excluding steroid dienone is 1. The van der Waals surface area contributed by atoms with Crippen LogP contribution in [0.5, 0.6) is 0 Å². The molecule has 0 aliphatic carbocycles. The molecule has 13 heavy (non-hydrogen) atoms. The van der Waals surface area contributed by atoms with E-state index in [9.17, 15) is 0 Å². The van der Waals surface area contributed by atoms with Gasteiger partial charge in [-0.2, -0.15) is 0 Å². The van der Waals surface area contributed by atoms with Crippen molar-refractivity contribution in [1.82, 2.24) is 4.90 Å². The van der Waals surface area contributed by atoms with Gasteiger partial charge in [-0.05, 0) is 27.7 Å². The van der Waals surface area contributed by atoms with Crippen molar-refractivity contribution in [2.75, 3.05) is 19.7 Å². The first-order valence-corrected chi connectivity index (χ1v) is 5.08. The lowest BCUT2D eigenvalue weighted by molar-refractivity contribution is -0.0448. The minimum Gasteiger partial charge on any atom is -0.376 e. The van der Waals surface area contributed by atoms with E-state index >= 15 is 0 Å². The van der Waals surface area contributed by atoms with Crippen molar-refractivity contribution in [3.63, 3.8) is 0 Å². The Morgan fingerprint density at radius 2 is 2.15 bits per heavy atom. The van der Waals surface area contributed by atoms with E-state index in [1.165, 1.54) is 5.57 Å². The second-order valence-electron chi connectivity index (χ2n) is 4.23. The Bertz CT molecular complexity index is 185. The molecule has 1 fully saturated rings. The number of hydrogen-bond acceptors (Lipinski definition) is 2. The van der Waals surface area contributed by atoms with Crippen LogP contribution in [0, 0.1) is 0 Å². The van der Waals surface area contributed by atoms with Crippen molar-refractivity contribution in [2.45, 2.75) is 39.8 Å². The molecule has 0 N–H and O–H groups in total. The molecular formula is C11H21NO. The summed E-state index contributed by atoms with van der Waals surface area (Å²) in [7, 11) is 0. The average Bonchev–Trinajstić information content (AvgIpc) is 2.06. The van der Waals surface area contributed by atoms with Crippen LogP contribution in [0.3, 0.4) is 0 Å². The molecule has 1 aliphatic rings. The second-order valence-corrected chi connectivity index (χ2v) is 4.23. The second kappa shape index (κ2) is 4.77. The van der Waals surface area contributed by atoms with E-state index in [0.717, 1.165) is 19.7 Å². The van der Waals surface area contributed by atoms with Gasteiger partial charge in [0.05, 0.1) is 12.7 Å². The summed E-state index contributed by atoms with van der Waals surface area (Å²) >= 11 is 0. The van der Waals surface area contributed by atoms with Gasteiger partial charge in [-0.1, -0.05) is 11.6 Å². The Kier molecular flexibility index (Phi) is 3.94. The van der Waals surface area contributed by atoms with Crippen molar-refractivity contribution in [1.29, 1.82) is 0 Å². The van der Waals surface area contributed by atoms with E-state index in [1.807, 2.05) is 0 Å². The first-order valence-electron chi connectivity index (χ1n) is 5.08. The van der Waals surface area contributed by atoms with Crippen LogP contribution in [-0.2, 0) is 4.74 Å². The van der Waals surface area contributed by atoms with Crippen LogP contribution >= 0.6 is 0 Å². The van der Waals surface area contributed by atoms with Gasteiger partial charge >= 0.3 is 0 Å². The predicted molar refractivity (Wildman–Crippen MR) is 55.9 cm³/mol.